The number of rotatable bonds is 4. The minimum Gasteiger partial charge on any atom is -0.396 e. The summed E-state index contributed by atoms with van der Waals surface area (Å²) >= 11 is 0. The summed E-state index contributed by atoms with van der Waals surface area (Å²) in [4.78, 5) is 2.51. The van der Waals surface area contributed by atoms with Crippen LogP contribution >= 0.6 is 0 Å². The summed E-state index contributed by atoms with van der Waals surface area (Å²) < 4.78 is 0. The van der Waals surface area contributed by atoms with Crippen LogP contribution in [0.25, 0.3) is 0 Å². The van der Waals surface area contributed by atoms with Crippen molar-refractivity contribution in [2.24, 2.45) is 17.1 Å². The zero-order chi connectivity index (χ0) is 10.7. The molecule has 88 valence electrons. The third kappa shape index (κ3) is 2.19. The van der Waals surface area contributed by atoms with Gasteiger partial charge in [0.2, 0.25) is 0 Å². The molecule has 0 amide bonds. The number of aliphatic hydroxyl groups excluding tert-OH is 1. The summed E-state index contributed by atoms with van der Waals surface area (Å²) in [5.74, 6) is 0.526. The molecule has 0 aromatic carbocycles. The molecule has 1 heterocycles. The smallest absolute Gasteiger partial charge is 0.0477 e. The van der Waals surface area contributed by atoms with Gasteiger partial charge in [0, 0.05) is 25.6 Å². The first-order chi connectivity index (χ1) is 7.30. The quantitative estimate of drug-likeness (QED) is 0.725. The van der Waals surface area contributed by atoms with Crippen molar-refractivity contribution in [2.45, 2.75) is 32.1 Å². The number of hydrogen-bond donors (Lipinski definition) is 2. The third-order valence-electron chi connectivity index (χ3n) is 4.38. The molecule has 0 radical (unpaired) electrons. The highest BCUT2D eigenvalue weighted by atomic mass is 16.3. The van der Waals surface area contributed by atoms with Gasteiger partial charge in [0.25, 0.3) is 0 Å². The van der Waals surface area contributed by atoms with Crippen LogP contribution in [0.1, 0.15) is 32.1 Å². The Morgan fingerprint density at radius 1 is 1.33 bits per heavy atom. The molecule has 0 aromatic rings. The maximum atomic E-state index is 9.48. The second kappa shape index (κ2) is 4.81. The van der Waals surface area contributed by atoms with Crippen LogP contribution in [0.2, 0.25) is 0 Å². The highest BCUT2D eigenvalue weighted by Crippen LogP contribution is 2.48. The average molecular weight is 212 g/mol. The molecule has 1 saturated carbocycles. The van der Waals surface area contributed by atoms with Crippen molar-refractivity contribution in [2.75, 3.05) is 32.8 Å². The molecule has 1 spiro atoms. The Labute approximate surface area is 92.6 Å². The number of nitrogens with zero attached hydrogens (tertiary/aromatic N) is 1. The Balaban J connectivity index is 1.94. The van der Waals surface area contributed by atoms with Gasteiger partial charge in [0.15, 0.2) is 0 Å². The topological polar surface area (TPSA) is 49.5 Å². The predicted octanol–water partition coefficient (Wildman–Crippen LogP) is 0.820. The zero-order valence-electron chi connectivity index (χ0n) is 9.62. The molecule has 0 bridgehead atoms. The highest BCUT2D eigenvalue weighted by molar-refractivity contribution is 4.98. The fourth-order valence-electron chi connectivity index (χ4n) is 3.53. The Morgan fingerprint density at radius 2 is 2.07 bits per heavy atom. The molecule has 0 unspecified atom stereocenters. The Morgan fingerprint density at radius 3 is 2.67 bits per heavy atom. The monoisotopic (exact) mass is 212 g/mol. The van der Waals surface area contributed by atoms with Crippen molar-refractivity contribution in [3.05, 3.63) is 0 Å². The number of nitrogens with two attached hydrogens (primary N) is 1. The van der Waals surface area contributed by atoms with Crippen LogP contribution < -0.4 is 5.73 Å². The van der Waals surface area contributed by atoms with E-state index in [0.717, 1.165) is 26.1 Å². The SMILES string of the molecule is NCCCN1C[C@H](CO)C2(CCCC2)C1. The van der Waals surface area contributed by atoms with Crippen LogP contribution in [0.15, 0.2) is 0 Å². The first-order valence-electron chi connectivity index (χ1n) is 6.34. The van der Waals surface area contributed by atoms with Gasteiger partial charge < -0.3 is 15.7 Å². The summed E-state index contributed by atoms with van der Waals surface area (Å²) in [6.07, 6.45) is 6.48. The standard InChI is InChI=1S/C12H24N2O/c13-6-3-7-14-8-11(9-15)12(10-14)4-1-2-5-12/h11,15H,1-10,13H2/t11-/m1/s1. The van der Waals surface area contributed by atoms with Gasteiger partial charge in [-0.3, -0.25) is 0 Å². The normalized spacial score (nSPS) is 30.4. The zero-order valence-corrected chi connectivity index (χ0v) is 9.62. The second-order valence-electron chi connectivity index (χ2n) is 5.33. The third-order valence-corrected chi connectivity index (χ3v) is 4.38. The van der Waals surface area contributed by atoms with Crippen molar-refractivity contribution in [1.82, 2.24) is 4.90 Å². The molecule has 15 heavy (non-hydrogen) atoms. The molecule has 3 nitrogen and oxygen atoms in total. The van der Waals surface area contributed by atoms with Gasteiger partial charge in [0.05, 0.1) is 0 Å². The second-order valence-corrected chi connectivity index (χ2v) is 5.33. The van der Waals surface area contributed by atoms with Gasteiger partial charge in [-0.1, -0.05) is 12.8 Å². The van der Waals surface area contributed by atoms with Crippen molar-refractivity contribution in [1.29, 1.82) is 0 Å². The van der Waals surface area contributed by atoms with Crippen LogP contribution in [0, 0.1) is 11.3 Å². The van der Waals surface area contributed by atoms with Gasteiger partial charge in [-0.2, -0.15) is 0 Å². The summed E-state index contributed by atoms with van der Waals surface area (Å²) in [5.41, 5.74) is 6.00. The highest BCUT2D eigenvalue weighted by Gasteiger charge is 2.47. The molecule has 0 aromatic heterocycles. The van der Waals surface area contributed by atoms with E-state index in [0.29, 0.717) is 17.9 Å². The lowest BCUT2D eigenvalue weighted by molar-refractivity contribution is 0.137. The van der Waals surface area contributed by atoms with E-state index in [4.69, 9.17) is 5.73 Å². The van der Waals surface area contributed by atoms with Gasteiger partial charge in [-0.25, -0.2) is 0 Å². The summed E-state index contributed by atoms with van der Waals surface area (Å²) in [6.45, 7) is 4.58. The Bertz CT molecular complexity index is 202. The molecular formula is C12H24N2O. The summed E-state index contributed by atoms with van der Waals surface area (Å²) in [5, 5.41) is 9.48. The van der Waals surface area contributed by atoms with E-state index in [1.165, 1.54) is 32.2 Å². The van der Waals surface area contributed by atoms with Crippen molar-refractivity contribution in [3.8, 4) is 0 Å². The van der Waals surface area contributed by atoms with Crippen LogP contribution in [0.5, 0.6) is 0 Å². The first-order valence-corrected chi connectivity index (χ1v) is 6.34. The molecule has 2 fully saturated rings. The fourth-order valence-corrected chi connectivity index (χ4v) is 3.53. The predicted molar refractivity (Wildman–Crippen MR) is 61.6 cm³/mol. The molecule has 3 heteroatoms. The Kier molecular flexibility index (Phi) is 3.65. The van der Waals surface area contributed by atoms with Gasteiger partial charge in [0.1, 0.15) is 0 Å². The average Bonchev–Trinajstić information content (AvgIpc) is 2.84. The lowest BCUT2D eigenvalue weighted by Gasteiger charge is -2.28. The van der Waals surface area contributed by atoms with Crippen LogP contribution in [0.3, 0.4) is 0 Å². The largest absolute Gasteiger partial charge is 0.396 e. The van der Waals surface area contributed by atoms with E-state index in [1.54, 1.807) is 0 Å². The van der Waals surface area contributed by atoms with Crippen molar-refractivity contribution in [3.63, 3.8) is 0 Å². The van der Waals surface area contributed by atoms with E-state index < -0.39 is 0 Å². The van der Waals surface area contributed by atoms with Crippen molar-refractivity contribution >= 4 is 0 Å². The molecule has 1 aliphatic heterocycles. The number of likely N-dealkylation sites (tertiary alicyclic amines) is 1. The first kappa shape index (κ1) is 11.4. The van der Waals surface area contributed by atoms with E-state index in [2.05, 4.69) is 4.90 Å². The molecule has 1 saturated heterocycles. The maximum Gasteiger partial charge on any atom is 0.0477 e. The summed E-state index contributed by atoms with van der Waals surface area (Å²) in [6, 6.07) is 0. The molecule has 1 aliphatic carbocycles. The molecule has 2 rings (SSSR count). The van der Waals surface area contributed by atoms with E-state index in [9.17, 15) is 5.11 Å². The molecule has 3 N–H and O–H groups in total. The number of hydrogen-bond acceptors (Lipinski definition) is 3. The minimum atomic E-state index is 0.374. The lowest BCUT2D eigenvalue weighted by atomic mass is 9.77. The fraction of sp³-hybridized carbons (Fsp3) is 1.00. The van der Waals surface area contributed by atoms with Crippen LogP contribution in [0.4, 0.5) is 0 Å². The van der Waals surface area contributed by atoms with Gasteiger partial charge in [-0.15, -0.1) is 0 Å². The van der Waals surface area contributed by atoms with Crippen LogP contribution in [-0.2, 0) is 0 Å². The van der Waals surface area contributed by atoms with E-state index in [-0.39, 0.29) is 0 Å². The molecule has 1 atom stereocenters. The van der Waals surface area contributed by atoms with Gasteiger partial charge in [-0.05, 0) is 37.8 Å². The van der Waals surface area contributed by atoms with E-state index in [1.807, 2.05) is 0 Å². The van der Waals surface area contributed by atoms with Crippen molar-refractivity contribution < 1.29 is 5.11 Å². The van der Waals surface area contributed by atoms with Crippen LogP contribution in [-0.4, -0.2) is 42.8 Å². The summed E-state index contributed by atoms with van der Waals surface area (Å²) in [7, 11) is 0. The number of aliphatic hydroxyl groups is 1. The maximum absolute atomic E-state index is 9.48. The lowest BCUT2D eigenvalue weighted by Crippen LogP contribution is -2.29. The Hall–Kier alpha value is -0.120. The van der Waals surface area contributed by atoms with E-state index >= 15 is 0 Å². The molecule has 2 aliphatic rings. The minimum absolute atomic E-state index is 0.374. The van der Waals surface area contributed by atoms with Gasteiger partial charge >= 0.3 is 0 Å². The molecular weight excluding hydrogens is 188 g/mol.